The highest BCUT2D eigenvalue weighted by molar-refractivity contribution is 6.04. The van der Waals surface area contributed by atoms with Crippen LogP contribution in [0.25, 0.3) is 0 Å². The molecule has 2 aromatic rings. The fraction of sp³-hybridized carbons (Fsp3) is 0.286. The van der Waals surface area contributed by atoms with Crippen molar-refractivity contribution in [3.8, 4) is 5.75 Å². The van der Waals surface area contributed by atoms with Crippen LogP contribution in [0.2, 0.25) is 0 Å². The maximum absolute atomic E-state index is 12.1. The van der Waals surface area contributed by atoms with Gasteiger partial charge in [-0.05, 0) is 25.1 Å². The van der Waals surface area contributed by atoms with E-state index in [2.05, 4.69) is 15.2 Å². The number of benzene rings is 1. The van der Waals surface area contributed by atoms with Gasteiger partial charge in [0.05, 0.1) is 11.4 Å². The summed E-state index contributed by atoms with van der Waals surface area (Å²) in [5.41, 5.74) is 1.37. The molecule has 5 nitrogen and oxygen atoms in total. The summed E-state index contributed by atoms with van der Waals surface area (Å²) in [7, 11) is 1.72. The van der Waals surface area contributed by atoms with Crippen molar-refractivity contribution in [2.24, 2.45) is 7.05 Å². The summed E-state index contributed by atoms with van der Waals surface area (Å²) in [5, 5.41) is 6.73. The lowest BCUT2D eigenvalue weighted by Gasteiger charge is -2.10. The van der Waals surface area contributed by atoms with Crippen LogP contribution in [0.1, 0.15) is 16.1 Å². The molecule has 0 bridgehead atoms. The molecule has 22 heavy (non-hydrogen) atoms. The molecule has 1 N–H and O–H groups in total. The molecule has 0 saturated carbocycles. The molecule has 1 amide bonds. The Kier molecular flexibility index (Phi) is 4.39. The standard InChI is InChI=1S/C14H14F3N3O2/c1-9-12(7-20(2)19-9)18-13(21)10-4-3-5-11(6-10)22-8-14(15,16)17/h3-7H,8H2,1-2H3,(H,18,21). The molecule has 0 aliphatic carbocycles. The van der Waals surface area contributed by atoms with Crippen molar-refractivity contribution in [2.45, 2.75) is 13.1 Å². The molecule has 0 spiro atoms. The van der Waals surface area contributed by atoms with E-state index in [9.17, 15) is 18.0 Å². The molecule has 118 valence electrons. The Hall–Kier alpha value is -2.51. The van der Waals surface area contributed by atoms with E-state index in [1.54, 1.807) is 24.9 Å². The minimum atomic E-state index is -4.43. The van der Waals surface area contributed by atoms with E-state index in [-0.39, 0.29) is 11.3 Å². The number of amides is 1. The molecule has 0 saturated heterocycles. The molecule has 1 aromatic heterocycles. The molecular formula is C14H14F3N3O2. The first-order valence-corrected chi connectivity index (χ1v) is 6.36. The number of nitrogens with one attached hydrogen (secondary N) is 1. The van der Waals surface area contributed by atoms with Gasteiger partial charge in [0, 0.05) is 18.8 Å². The van der Waals surface area contributed by atoms with Crippen LogP contribution >= 0.6 is 0 Å². The van der Waals surface area contributed by atoms with Crippen molar-refractivity contribution in [1.29, 1.82) is 0 Å². The molecule has 8 heteroatoms. The number of carbonyl (C=O) groups excluding carboxylic acids is 1. The third kappa shape index (κ3) is 4.24. The van der Waals surface area contributed by atoms with Crippen LogP contribution in [0.15, 0.2) is 30.5 Å². The summed E-state index contributed by atoms with van der Waals surface area (Å²) < 4.78 is 42.5. The van der Waals surface area contributed by atoms with Gasteiger partial charge in [0.15, 0.2) is 6.61 Å². The average molecular weight is 313 g/mol. The zero-order valence-electron chi connectivity index (χ0n) is 11.9. The molecule has 0 unspecified atom stereocenters. The van der Waals surface area contributed by atoms with E-state index >= 15 is 0 Å². The van der Waals surface area contributed by atoms with Crippen LogP contribution < -0.4 is 10.1 Å². The number of carbonyl (C=O) groups is 1. The number of hydrogen-bond acceptors (Lipinski definition) is 3. The van der Waals surface area contributed by atoms with Crippen molar-refractivity contribution in [2.75, 3.05) is 11.9 Å². The van der Waals surface area contributed by atoms with Gasteiger partial charge < -0.3 is 10.1 Å². The largest absolute Gasteiger partial charge is 0.484 e. The van der Waals surface area contributed by atoms with Crippen LogP contribution in [0.5, 0.6) is 5.75 Å². The van der Waals surface area contributed by atoms with Crippen LogP contribution in [-0.2, 0) is 7.05 Å². The molecule has 2 rings (SSSR count). The number of rotatable bonds is 4. The van der Waals surface area contributed by atoms with Gasteiger partial charge in [-0.15, -0.1) is 0 Å². The second kappa shape index (κ2) is 6.08. The number of hydrogen-bond donors (Lipinski definition) is 1. The van der Waals surface area contributed by atoms with E-state index in [0.717, 1.165) is 0 Å². The lowest BCUT2D eigenvalue weighted by atomic mass is 10.2. The highest BCUT2D eigenvalue weighted by Gasteiger charge is 2.28. The topological polar surface area (TPSA) is 56.2 Å². The van der Waals surface area contributed by atoms with E-state index in [1.165, 1.54) is 24.3 Å². The number of ether oxygens (including phenoxy) is 1. The molecule has 0 aliphatic rings. The highest BCUT2D eigenvalue weighted by atomic mass is 19.4. The summed E-state index contributed by atoms with van der Waals surface area (Å²) >= 11 is 0. The van der Waals surface area contributed by atoms with E-state index < -0.39 is 18.7 Å². The first kappa shape index (κ1) is 15.9. The van der Waals surface area contributed by atoms with Crippen molar-refractivity contribution < 1.29 is 22.7 Å². The maximum Gasteiger partial charge on any atom is 0.422 e. The Morgan fingerprint density at radius 2 is 2.14 bits per heavy atom. The lowest BCUT2D eigenvalue weighted by Crippen LogP contribution is -2.19. The van der Waals surface area contributed by atoms with Crippen LogP contribution in [0.3, 0.4) is 0 Å². The predicted octanol–water partition coefficient (Wildman–Crippen LogP) is 2.92. The quantitative estimate of drug-likeness (QED) is 0.944. The molecule has 1 aromatic carbocycles. The summed E-state index contributed by atoms with van der Waals surface area (Å²) in [6, 6.07) is 5.56. The van der Waals surface area contributed by atoms with Gasteiger partial charge in [0.25, 0.3) is 5.91 Å². The minimum absolute atomic E-state index is 0.0205. The first-order chi connectivity index (χ1) is 10.2. The summed E-state index contributed by atoms with van der Waals surface area (Å²) in [6.45, 7) is 0.332. The van der Waals surface area contributed by atoms with Crippen molar-refractivity contribution in [1.82, 2.24) is 9.78 Å². The fourth-order valence-corrected chi connectivity index (χ4v) is 1.81. The average Bonchev–Trinajstić information content (AvgIpc) is 2.74. The fourth-order valence-electron chi connectivity index (χ4n) is 1.81. The van der Waals surface area contributed by atoms with E-state index in [4.69, 9.17) is 0 Å². The summed E-state index contributed by atoms with van der Waals surface area (Å²) in [4.78, 5) is 12.1. The number of nitrogens with zero attached hydrogens (tertiary/aromatic N) is 2. The number of alkyl halides is 3. The summed E-state index contributed by atoms with van der Waals surface area (Å²) in [5.74, 6) is -0.471. The van der Waals surface area contributed by atoms with Crippen LogP contribution in [-0.4, -0.2) is 28.5 Å². The Morgan fingerprint density at radius 3 is 2.73 bits per heavy atom. The molecule has 0 radical (unpaired) electrons. The highest BCUT2D eigenvalue weighted by Crippen LogP contribution is 2.20. The number of aryl methyl sites for hydroxylation is 2. The zero-order valence-corrected chi connectivity index (χ0v) is 11.9. The van der Waals surface area contributed by atoms with Gasteiger partial charge in [-0.25, -0.2) is 0 Å². The third-order valence-corrected chi connectivity index (χ3v) is 2.76. The summed E-state index contributed by atoms with van der Waals surface area (Å²) in [6.07, 6.45) is -2.79. The van der Waals surface area contributed by atoms with Crippen molar-refractivity contribution in [3.05, 3.63) is 41.7 Å². The lowest BCUT2D eigenvalue weighted by molar-refractivity contribution is -0.153. The molecule has 0 atom stereocenters. The predicted molar refractivity (Wildman–Crippen MR) is 73.9 cm³/mol. The third-order valence-electron chi connectivity index (χ3n) is 2.76. The van der Waals surface area contributed by atoms with E-state index in [0.29, 0.717) is 11.4 Å². The van der Waals surface area contributed by atoms with Gasteiger partial charge in [0.1, 0.15) is 5.75 Å². The Bertz CT molecular complexity index is 680. The monoisotopic (exact) mass is 313 g/mol. The molecule has 0 fully saturated rings. The van der Waals surface area contributed by atoms with Crippen molar-refractivity contribution in [3.63, 3.8) is 0 Å². The van der Waals surface area contributed by atoms with Gasteiger partial charge in [-0.1, -0.05) is 6.07 Å². The SMILES string of the molecule is Cc1nn(C)cc1NC(=O)c1cccc(OCC(F)(F)F)c1. The second-order valence-electron chi connectivity index (χ2n) is 4.69. The van der Waals surface area contributed by atoms with Gasteiger partial charge in [-0.2, -0.15) is 18.3 Å². The molecule has 0 aliphatic heterocycles. The van der Waals surface area contributed by atoms with Gasteiger partial charge in [-0.3, -0.25) is 9.48 Å². The van der Waals surface area contributed by atoms with Crippen LogP contribution in [0, 0.1) is 6.92 Å². The van der Waals surface area contributed by atoms with Gasteiger partial charge in [0.2, 0.25) is 0 Å². The van der Waals surface area contributed by atoms with E-state index in [1.807, 2.05) is 0 Å². The Morgan fingerprint density at radius 1 is 1.41 bits per heavy atom. The number of halogens is 3. The van der Waals surface area contributed by atoms with Crippen molar-refractivity contribution >= 4 is 11.6 Å². The number of aromatic nitrogens is 2. The Labute approximate surface area is 124 Å². The first-order valence-electron chi connectivity index (χ1n) is 6.36. The molecular weight excluding hydrogens is 299 g/mol. The zero-order chi connectivity index (χ0) is 16.3. The number of anilines is 1. The molecule has 1 heterocycles. The van der Waals surface area contributed by atoms with Crippen LogP contribution in [0.4, 0.5) is 18.9 Å². The minimum Gasteiger partial charge on any atom is -0.484 e. The Balaban J connectivity index is 2.08. The normalized spacial score (nSPS) is 11.3. The van der Waals surface area contributed by atoms with Gasteiger partial charge >= 0.3 is 6.18 Å². The maximum atomic E-state index is 12.1. The smallest absolute Gasteiger partial charge is 0.422 e. The second-order valence-corrected chi connectivity index (χ2v) is 4.69.